The monoisotopic (exact) mass is 263 g/mol. The number of piperidine rings is 1. The number of nitrogens with zero attached hydrogens (tertiary/aromatic N) is 1. The standard InChI is InChI=1S/C14H21N3O2/c1-17-7-3-5-12(9-17)16-14(18)10-19-13-6-2-4-11(15)8-13/h2,4,6,8,12H,3,5,7,9-10,15H2,1H3,(H,16,18). The molecule has 1 unspecified atom stereocenters. The molecule has 0 radical (unpaired) electrons. The van der Waals surface area contributed by atoms with Gasteiger partial charge in [0.2, 0.25) is 0 Å². The number of hydrogen-bond donors (Lipinski definition) is 2. The molecule has 1 aliphatic heterocycles. The van der Waals surface area contributed by atoms with Gasteiger partial charge in [0.15, 0.2) is 6.61 Å². The summed E-state index contributed by atoms with van der Waals surface area (Å²) in [4.78, 5) is 14.0. The van der Waals surface area contributed by atoms with E-state index in [0.29, 0.717) is 11.4 Å². The maximum absolute atomic E-state index is 11.8. The summed E-state index contributed by atoms with van der Waals surface area (Å²) in [5.41, 5.74) is 6.27. The number of rotatable bonds is 4. The third-order valence-electron chi connectivity index (χ3n) is 3.22. The lowest BCUT2D eigenvalue weighted by Gasteiger charge is -2.30. The highest BCUT2D eigenvalue weighted by Gasteiger charge is 2.18. The highest BCUT2D eigenvalue weighted by molar-refractivity contribution is 5.77. The SMILES string of the molecule is CN1CCCC(NC(=O)COc2cccc(N)c2)C1. The van der Waals surface area contributed by atoms with Gasteiger partial charge < -0.3 is 20.7 Å². The number of benzene rings is 1. The van der Waals surface area contributed by atoms with E-state index in [-0.39, 0.29) is 18.6 Å². The van der Waals surface area contributed by atoms with Gasteiger partial charge in [-0.25, -0.2) is 0 Å². The summed E-state index contributed by atoms with van der Waals surface area (Å²) in [6.45, 7) is 2.04. The Labute approximate surface area is 113 Å². The summed E-state index contributed by atoms with van der Waals surface area (Å²) in [6.07, 6.45) is 2.16. The second-order valence-corrected chi connectivity index (χ2v) is 5.03. The van der Waals surface area contributed by atoms with Gasteiger partial charge in [0.05, 0.1) is 0 Å². The molecule has 5 nitrogen and oxygen atoms in total. The number of nitrogens with one attached hydrogen (secondary N) is 1. The molecule has 1 fully saturated rings. The molecule has 0 spiro atoms. The average Bonchev–Trinajstić information content (AvgIpc) is 2.36. The third-order valence-corrected chi connectivity index (χ3v) is 3.22. The first-order valence-electron chi connectivity index (χ1n) is 6.60. The highest BCUT2D eigenvalue weighted by atomic mass is 16.5. The predicted molar refractivity (Wildman–Crippen MR) is 75.0 cm³/mol. The van der Waals surface area contributed by atoms with Crippen LogP contribution in [0.5, 0.6) is 5.75 Å². The third kappa shape index (κ3) is 4.44. The van der Waals surface area contributed by atoms with Crippen molar-refractivity contribution in [2.24, 2.45) is 0 Å². The van der Waals surface area contributed by atoms with E-state index in [9.17, 15) is 4.79 Å². The van der Waals surface area contributed by atoms with Gasteiger partial charge in [-0.2, -0.15) is 0 Å². The molecule has 0 saturated carbocycles. The van der Waals surface area contributed by atoms with Crippen molar-refractivity contribution in [2.45, 2.75) is 18.9 Å². The molecule has 1 heterocycles. The van der Waals surface area contributed by atoms with E-state index in [0.717, 1.165) is 25.9 Å². The van der Waals surface area contributed by atoms with Crippen molar-refractivity contribution in [3.05, 3.63) is 24.3 Å². The van der Waals surface area contributed by atoms with Gasteiger partial charge in [-0.3, -0.25) is 4.79 Å². The number of carbonyl (C=O) groups excluding carboxylic acids is 1. The van der Waals surface area contributed by atoms with Gasteiger partial charge in [0.25, 0.3) is 5.91 Å². The summed E-state index contributed by atoms with van der Waals surface area (Å²) in [5, 5.41) is 3.00. The van der Waals surface area contributed by atoms with Crippen LogP contribution in [0.2, 0.25) is 0 Å². The van der Waals surface area contributed by atoms with E-state index in [1.54, 1.807) is 24.3 Å². The van der Waals surface area contributed by atoms with Crippen LogP contribution in [-0.2, 0) is 4.79 Å². The summed E-state index contributed by atoms with van der Waals surface area (Å²) >= 11 is 0. The molecule has 1 atom stereocenters. The molecule has 2 rings (SSSR count). The first-order valence-corrected chi connectivity index (χ1v) is 6.60. The van der Waals surface area contributed by atoms with Gasteiger partial charge in [-0.15, -0.1) is 0 Å². The van der Waals surface area contributed by atoms with Gasteiger partial charge >= 0.3 is 0 Å². The van der Waals surface area contributed by atoms with Crippen LogP contribution in [0.25, 0.3) is 0 Å². The Balaban J connectivity index is 1.75. The number of amides is 1. The molecule has 1 aromatic rings. The Morgan fingerprint density at radius 1 is 1.58 bits per heavy atom. The molecule has 19 heavy (non-hydrogen) atoms. The molecule has 5 heteroatoms. The summed E-state index contributed by atoms with van der Waals surface area (Å²) in [6, 6.07) is 7.32. The zero-order valence-corrected chi connectivity index (χ0v) is 11.3. The summed E-state index contributed by atoms with van der Waals surface area (Å²) in [5.74, 6) is 0.540. The maximum atomic E-state index is 11.8. The number of carbonyl (C=O) groups is 1. The number of likely N-dealkylation sites (tertiary alicyclic amines) is 1. The second-order valence-electron chi connectivity index (χ2n) is 5.03. The molecule has 0 aliphatic carbocycles. The van der Waals surface area contributed by atoms with Crippen molar-refractivity contribution >= 4 is 11.6 Å². The van der Waals surface area contributed by atoms with Crippen molar-refractivity contribution in [1.29, 1.82) is 0 Å². The van der Waals surface area contributed by atoms with Crippen molar-refractivity contribution in [3.8, 4) is 5.75 Å². The molecule has 104 valence electrons. The van der Waals surface area contributed by atoms with Gasteiger partial charge in [-0.1, -0.05) is 6.07 Å². The van der Waals surface area contributed by atoms with E-state index < -0.39 is 0 Å². The fraction of sp³-hybridized carbons (Fsp3) is 0.500. The van der Waals surface area contributed by atoms with Crippen molar-refractivity contribution in [2.75, 3.05) is 32.5 Å². The van der Waals surface area contributed by atoms with Crippen LogP contribution >= 0.6 is 0 Å². The smallest absolute Gasteiger partial charge is 0.258 e. The zero-order valence-electron chi connectivity index (χ0n) is 11.3. The van der Waals surface area contributed by atoms with Gasteiger partial charge in [0.1, 0.15) is 5.75 Å². The maximum Gasteiger partial charge on any atom is 0.258 e. The molecule has 1 saturated heterocycles. The van der Waals surface area contributed by atoms with Crippen LogP contribution in [0, 0.1) is 0 Å². The topological polar surface area (TPSA) is 67.6 Å². The fourth-order valence-corrected chi connectivity index (χ4v) is 2.31. The molecule has 1 amide bonds. The van der Waals surface area contributed by atoms with Gasteiger partial charge in [0, 0.05) is 24.3 Å². The Hall–Kier alpha value is -1.75. The summed E-state index contributed by atoms with van der Waals surface area (Å²) < 4.78 is 5.41. The Morgan fingerprint density at radius 3 is 3.16 bits per heavy atom. The van der Waals surface area contributed by atoms with Crippen LogP contribution in [0.4, 0.5) is 5.69 Å². The minimum Gasteiger partial charge on any atom is -0.484 e. The Morgan fingerprint density at radius 2 is 2.42 bits per heavy atom. The molecular weight excluding hydrogens is 242 g/mol. The zero-order chi connectivity index (χ0) is 13.7. The molecule has 3 N–H and O–H groups in total. The van der Waals surface area contributed by atoms with Crippen LogP contribution < -0.4 is 15.8 Å². The first kappa shape index (κ1) is 13.7. The number of anilines is 1. The minimum atomic E-state index is -0.0808. The number of likely N-dealkylation sites (N-methyl/N-ethyl adjacent to an activating group) is 1. The molecule has 1 aliphatic rings. The van der Waals surface area contributed by atoms with Crippen LogP contribution in [-0.4, -0.2) is 43.6 Å². The number of nitrogens with two attached hydrogens (primary N) is 1. The Bertz CT molecular complexity index is 436. The minimum absolute atomic E-state index is 0.0314. The highest BCUT2D eigenvalue weighted by Crippen LogP contribution is 2.14. The van der Waals surface area contributed by atoms with Crippen LogP contribution in [0.3, 0.4) is 0 Å². The molecular formula is C14H21N3O2. The second kappa shape index (κ2) is 6.43. The number of hydrogen-bond acceptors (Lipinski definition) is 4. The lowest BCUT2D eigenvalue weighted by atomic mass is 10.1. The number of nitrogen functional groups attached to an aromatic ring is 1. The van der Waals surface area contributed by atoms with E-state index in [4.69, 9.17) is 10.5 Å². The van der Waals surface area contributed by atoms with Gasteiger partial charge in [-0.05, 0) is 38.6 Å². The van der Waals surface area contributed by atoms with E-state index >= 15 is 0 Å². The number of ether oxygens (including phenoxy) is 1. The van der Waals surface area contributed by atoms with E-state index in [2.05, 4.69) is 17.3 Å². The normalized spacial score (nSPS) is 19.9. The fourth-order valence-electron chi connectivity index (χ4n) is 2.31. The summed E-state index contributed by atoms with van der Waals surface area (Å²) in [7, 11) is 2.07. The quantitative estimate of drug-likeness (QED) is 0.791. The van der Waals surface area contributed by atoms with Crippen LogP contribution in [0.1, 0.15) is 12.8 Å². The predicted octanol–water partition coefficient (Wildman–Crippen LogP) is 0.858. The largest absolute Gasteiger partial charge is 0.484 e. The molecule has 0 aromatic heterocycles. The van der Waals surface area contributed by atoms with Crippen LogP contribution in [0.15, 0.2) is 24.3 Å². The molecule has 1 aromatic carbocycles. The first-order chi connectivity index (χ1) is 9.13. The van der Waals surface area contributed by atoms with Crippen molar-refractivity contribution < 1.29 is 9.53 Å². The van der Waals surface area contributed by atoms with E-state index in [1.807, 2.05) is 0 Å². The Kier molecular flexibility index (Phi) is 4.63. The molecule has 0 bridgehead atoms. The lowest BCUT2D eigenvalue weighted by molar-refractivity contribution is -0.124. The van der Waals surface area contributed by atoms with Crippen molar-refractivity contribution in [1.82, 2.24) is 10.2 Å². The van der Waals surface area contributed by atoms with E-state index in [1.165, 1.54) is 0 Å². The van der Waals surface area contributed by atoms with Crippen molar-refractivity contribution in [3.63, 3.8) is 0 Å². The lowest BCUT2D eigenvalue weighted by Crippen LogP contribution is -2.47. The average molecular weight is 263 g/mol.